The lowest BCUT2D eigenvalue weighted by atomic mass is 10.3. The Labute approximate surface area is 184 Å². The Morgan fingerprint density at radius 3 is 2.67 bits per heavy atom. The van der Waals surface area contributed by atoms with Crippen molar-refractivity contribution in [2.24, 2.45) is 0 Å². The van der Waals surface area contributed by atoms with Crippen LogP contribution in [0.15, 0.2) is 40.6 Å². The monoisotopic (exact) mass is 464 g/mol. The molecule has 1 fully saturated rings. The van der Waals surface area contributed by atoms with E-state index in [1.807, 2.05) is 31.2 Å². The van der Waals surface area contributed by atoms with Crippen LogP contribution in [0, 0.1) is 0 Å². The number of aryl methyl sites for hydroxylation is 1. The van der Waals surface area contributed by atoms with E-state index in [4.69, 9.17) is 0 Å². The average Bonchev–Trinajstić information content (AvgIpc) is 3.38. The highest BCUT2D eigenvalue weighted by atomic mass is 32.2. The molecule has 0 saturated carbocycles. The normalized spacial score (nSPS) is 15.5. The molecule has 0 radical (unpaired) electrons. The van der Waals surface area contributed by atoms with E-state index in [-0.39, 0.29) is 15.7 Å². The maximum absolute atomic E-state index is 13.2. The van der Waals surface area contributed by atoms with E-state index in [1.165, 1.54) is 15.6 Å². The third-order valence-corrected chi connectivity index (χ3v) is 9.10. The zero-order chi connectivity index (χ0) is 21.3. The van der Waals surface area contributed by atoms with Crippen molar-refractivity contribution in [2.75, 3.05) is 31.6 Å². The van der Waals surface area contributed by atoms with Crippen LogP contribution in [0.25, 0.3) is 11.0 Å². The molecule has 3 heterocycles. The van der Waals surface area contributed by atoms with Gasteiger partial charge in [-0.25, -0.2) is 13.4 Å². The van der Waals surface area contributed by atoms with E-state index < -0.39 is 10.0 Å². The number of benzene rings is 1. The van der Waals surface area contributed by atoms with Crippen LogP contribution >= 0.6 is 23.1 Å². The molecule has 30 heavy (non-hydrogen) atoms. The Kier molecular flexibility index (Phi) is 6.19. The Morgan fingerprint density at radius 1 is 1.20 bits per heavy atom. The lowest BCUT2D eigenvalue weighted by Crippen LogP contribution is -2.38. The SMILES string of the molecule is CCn1c(CN(C)C(=O)c2sccc2S(=O)(=O)N2CCSCC2)nc2ccccc21. The number of para-hydroxylation sites is 2. The molecule has 160 valence electrons. The molecule has 0 N–H and O–H groups in total. The summed E-state index contributed by atoms with van der Waals surface area (Å²) in [6.07, 6.45) is 0. The van der Waals surface area contributed by atoms with Gasteiger partial charge in [-0.2, -0.15) is 16.1 Å². The molecule has 4 rings (SSSR count). The van der Waals surface area contributed by atoms with E-state index in [1.54, 1.807) is 35.2 Å². The number of fused-ring (bicyclic) bond motifs is 1. The van der Waals surface area contributed by atoms with Crippen molar-refractivity contribution >= 4 is 50.1 Å². The third kappa shape index (κ3) is 3.89. The third-order valence-electron chi connectivity index (χ3n) is 5.19. The summed E-state index contributed by atoms with van der Waals surface area (Å²) >= 11 is 2.92. The molecule has 0 unspecified atom stereocenters. The van der Waals surface area contributed by atoms with Gasteiger partial charge in [-0.05, 0) is 30.5 Å². The van der Waals surface area contributed by atoms with Crippen LogP contribution in [0.1, 0.15) is 22.4 Å². The second-order valence-corrected chi connectivity index (χ2v) is 11.1. The van der Waals surface area contributed by atoms with Crippen molar-refractivity contribution in [2.45, 2.75) is 24.9 Å². The van der Waals surface area contributed by atoms with Gasteiger partial charge in [0.1, 0.15) is 15.6 Å². The first-order valence-corrected chi connectivity index (χ1v) is 13.3. The molecule has 1 aliphatic rings. The molecule has 10 heteroatoms. The molecule has 1 saturated heterocycles. The van der Waals surface area contributed by atoms with Crippen LogP contribution in [0.4, 0.5) is 0 Å². The maximum Gasteiger partial charge on any atom is 0.265 e. The van der Waals surface area contributed by atoms with Crippen molar-refractivity contribution in [3.8, 4) is 0 Å². The summed E-state index contributed by atoms with van der Waals surface area (Å²) in [5.74, 6) is 2.03. The highest BCUT2D eigenvalue weighted by Gasteiger charge is 2.32. The van der Waals surface area contributed by atoms with Gasteiger partial charge >= 0.3 is 0 Å². The number of hydrogen-bond donors (Lipinski definition) is 0. The standard InChI is InChI=1S/C20H24N4O3S3/c1-3-24-16-7-5-4-6-15(16)21-18(24)14-22(2)20(25)19-17(8-11-29-19)30(26,27)23-9-12-28-13-10-23/h4-8,11H,3,9-10,12-14H2,1-2H3. The number of amides is 1. The van der Waals surface area contributed by atoms with Crippen LogP contribution in [0.2, 0.25) is 0 Å². The minimum absolute atomic E-state index is 0.111. The number of aromatic nitrogens is 2. The number of hydrogen-bond acceptors (Lipinski definition) is 6. The molecule has 7 nitrogen and oxygen atoms in total. The summed E-state index contributed by atoms with van der Waals surface area (Å²) in [6, 6.07) is 9.42. The maximum atomic E-state index is 13.2. The molecule has 0 spiro atoms. The Balaban J connectivity index is 1.60. The van der Waals surface area contributed by atoms with Gasteiger partial charge in [0.2, 0.25) is 10.0 Å². The summed E-state index contributed by atoms with van der Waals surface area (Å²) in [4.78, 5) is 19.8. The fourth-order valence-electron chi connectivity index (χ4n) is 3.64. The van der Waals surface area contributed by atoms with Crippen LogP contribution in [0.5, 0.6) is 0 Å². The van der Waals surface area contributed by atoms with Gasteiger partial charge in [0.25, 0.3) is 5.91 Å². The van der Waals surface area contributed by atoms with Crippen LogP contribution in [-0.4, -0.2) is 64.7 Å². The Morgan fingerprint density at radius 2 is 1.93 bits per heavy atom. The summed E-state index contributed by atoms with van der Waals surface area (Å²) < 4.78 is 29.8. The van der Waals surface area contributed by atoms with Crippen molar-refractivity contribution in [3.63, 3.8) is 0 Å². The minimum atomic E-state index is -3.67. The molecule has 2 aromatic heterocycles. The zero-order valence-electron chi connectivity index (χ0n) is 16.9. The molecule has 0 aliphatic carbocycles. The molecule has 1 aromatic carbocycles. The molecular formula is C20H24N4O3S3. The first kappa shape index (κ1) is 21.4. The summed E-state index contributed by atoms with van der Waals surface area (Å²) in [5, 5.41) is 1.67. The lowest BCUT2D eigenvalue weighted by molar-refractivity contribution is 0.0781. The smallest absolute Gasteiger partial charge is 0.265 e. The molecule has 0 atom stereocenters. The first-order chi connectivity index (χ1) is 14.4. The number of sulfonamides is 1. The largest absolute Gasteiger partial charge is 0.333 e. The molecule has 0 bridgehead atoms. The number of rotatable bonds is 6. The van der Waals surface area contributed by atoms with Gasteiger partial charge in [-0.1, -0.05) is 12.1 Å². The minimum Gasteiger partial charge on any atom is -0.333 e. The van der Waals surface area contributed by atoms with Gasteiger partial charge in [-0.15, -0.1) is 11.3 Å². The highest BCUT2D eigenvalue weighted by Crippen LogP contribution is 2.28. The fraction of sp³-hybridized carbons (Fsp3) is 0.400. The van der Waals surface area contributed by atoms with E-state index in [0.29, 0.717) is 19.6 Å². The summed E-state index contributed by atoms with van der Waals surface area (Å²) in [7, 11) is -1.98. The second kappa shape index (κ2) is 8.70. The predicted octanol–water partition coefficient (Wildman–Crippen LogP) is 3.13. The van der Waals surface area contributed by atoms with Crippen LogP contribution < -0.4 is 0 Å². The van der Waals surface area contributed by atoms with E-state index in [9.17, 15) is 13.2 Å². The number of carbonyl (C=O) groups excluding carboxylic acids is 1. The van der Waals surface area contributed by atoms with Crippen molar-refractivity contribution < 1.29 is 13.2 Å². The fourth-order valence-corrected chi connectivity index (χ4v) is 7.60. The number of imidazole rings is 1. The van der Waals surface area contributed by atoms with Gasteiger partial charge in [-0.3, -0.25) is 4.79 Å². The quantitative estimate of drug-likeness (QED) is 0.560. The van der Waals surface area contributed by atoms with E-state index in [0.717, 1.165) is 34.9 Å². The zero-order valence-corrected chi connectivity index (χ0v) is 19.4. The Bertz CT molecular complexity index is 1160. The highest BCUT2D eigenvalue weighted by molar-refractivity contribution is 7.99. The van der Waals surface area contributed by atoms with Gasteiger partial charge in [0.15, 0.2) is 0 Å². The molecular weight excluding hydrogens is 440 g/mol. The molecule has 1 amide bonds. The lowest BCUT2D eigenvalue weighted by Gasteiger charge is -2.26. The van der Waals surface area contributed by atoms with Crippen LogP contribution in [-0.2, 0) is 23.1 Å². The number of nitrogens with zero attached hydrogens (tertiary/aromatic N) is 4. The average molecular weight is 465 g/mol. The predicted molar refractivity (Wildman–Crippen MR) is 122 cm³/mol. The Hall–Kier alpha value is -1.88. The molecule has 1 aliphatic heterocycles. The first-order valence-electron chi connectivity index (χ1n) is 9.78. The second-order valence-electron chi connectivity index (χ2n) is 7.05. The summed E-state index contributed by atoms with van der Waals surface area (Å²) in [5.41, 5.74) is 1.91. The van der Waals surface area contributed by atoms with Crippen molar-refractivity contribution in [1.82, 2.24) is 18.8 Å². The van der Waals surface area contributed by atoms with Gasteiger partial charge in [0, 0.05) is 38.2 Å². The number of thiophene rings is 1. The van der Waals surface area contributed by atoms with Crippen molar-refractivity contribution in [3.05, 3.63) is 46.4 Å². The summed E-state index contributed by atoms with van der Waals surface area (Å²) in [6.45, 7) is 4.04. The van der Waals surface area contributed by atoms with Gasteiger partial charge in [0.05, 0.1) is 17.6 Å². The van der Waals surface area contributed by atoms with Gasteiger partial charge < -0.3 is 9.47 Å². The number of carbonyl (C=O) groups is 1. The topological polar surface area (TPSA) is 75.5 Å². The van der Waals surface area contributed by atoms with E-state index in [2.05, 4.69) is 9.55 Å². The van der Waals surface area contributed by atoms with Crippen LogP contribution in [0.3, 0.4) is 0 Å². The molecule has 3 aromatic rings. The van der Waals surface area contributed by atoms with E-state index >= 15 is 0 Å². The van der Waals surface area contributed by atoms with Crippen molar-refractivity contribution in [1.29, 1.82) is 0 Å². The number of thioether (sulfide) groups is 1.